The quantitative estimate of drug-likeness (QED) is 0.563. The number of nitrogens with one attached hydrogen (secondary N) is 1. The third kappa shape index (κ3) is 5.32. The monoisotopic (exact) mass is 434 g/mol. The number of hydrogen-bond acceptors (Lipinski definition) is 5. The van der Waals surface area contributed by atoms with Crippen LogP contribution in [0.2, 0.25) is 0 Å². The normalized spacial score (nSPS) is 18.8. The number of carbonyl (C=O) groups excluding carboxylic acids is 1. The molecule has 0 radical (unpaired) electrons. The number of hydrogen-bond donors (Lipinski definition) is 1. The number of nitrogens with zero attached hydrogens (tertiary/aromatic N) is 1. The summed E-state index contributed by atoms with van der Waals surface area (Å²) in [6.45, 7) is 1.80. The molecule has 1 aliphatic rings. The van der Waals surface area contributed by atoms with Crippen LogP contribution in [0.4, 0.5) is 0 Å². The first-order valence-corrected chi connectivity index (χ1v) is 11.0. The average Bonchev–Trinajstić information content (AvgIpc) is 3.36. The lowest BCUT2D eigenvalue weighted by molar-refractivity contribution is -0.127. The molecule has 1 aliphatic heterocycles. The summed E-state index contributed by atoms with van der Waals surface area (Å²) in [6, 6.07) is 20.4. The summed E-state index contributed by atoms with van der Waals surface area (Å²) in [7, 11) is 3.32. The molecule has 1 fully saturated rings. The molecule has 6 heteroatoms. The van der Waals surface area contributed by atoms with Gasteiger partial charge in [-0.2, -0.15) is 0 Å². The summed E-state index contributed by atoms with van der Waals surface area (Å²) in [5, 5.41) is 3.03. The maximum atomic E-state index is 12.9. The van der Waals surface area contributed by atoms with Crippen LogP contribution in [0.1, 0.15) is 35.8 Å². The van der Waals surface area contributed by atoms with Crippen molar-refractivity contribution < 1.29 is 18.7 Å². The predicted molar refractivity (Wildman–Crippen MR) is 122 cm³/mol. The Bertz CT molecular complexity index is 982. The molecule has 1 aromatic heterocycles. The summed E-state index contributed by atoms with van der Waals surface area (Å²) in [4.78, 5) is 15.3. The van der Waals surface area contributed by atoms with Crippen LogP contribution < -0.4 is 14.8 Å². The van der Waals surface area contributed by atoms with Crippen LogP contribution in [0.5, 0.6) is 11.5 Å². The molecule has 2 heterocycles. The van der Waals surface area contributed by atoms with E-state index >= 15 is 0 Å². The van der Waals surface area contributed by atoms with E-state index in [1.165, 1.54) is 5.56 Å². The summed E-state index contributed by atoms with van der Waals surface area (Å²) in [6.07, 6.45) is 3.39. The zero-order valence-corrected chi connectivity index (χ0v) is 18.6. The Morgan fingerprint density at radius 3 is 2.44 bits per heavy atom. The number of benzene rings is 2. The Hall–Kier alpha value is -3.25. The van der Waals surface area contributed by atoms with Crippen LogP contribution in [0, 0.1) is 5.92 Å². The average molecular weight is 435 g/mol. The van der Waals surface area contributed by atoms with Gasteiger partial charge in [-0.1, -0.05) is 30.3 Å². The zero-order chi connectivity index (χ0) is 22.3. The van der Waals surface area contributed by atoms with E-state index in [1.807, 2.05) is 36.4 Å². The van der Waals surface area contributed by atoms with Crippen molar-refractivity contribution in [2.45, 2.75) is 32.0 Å². The van der Waals surface area contributed by atoms with Crippen LogP contribution in [0.25, 0.3) is 0 Å². The van der Waals surface area contributed by atoms with Gasteiger partial charge in [-0.3, -0.25) is 9.69 Å². The molecular weight excluding hydrogens is 404 g/mol. The van der Waals surface area contributed by atoms with Gasteiger partial charge < -0.3 is 19.2 Å². The Kier molecular flexibility index (Phi) is 7.12. The van der Waals surface area contributed by atoms with E-state index in [9.17, 15) is 4.79 Å². The van der Waals surface area contributed by atoms with E-state index in [0.717, 1.165) is 35.7 Å². The van der Waals surface area contributed by atoms with Crippen LogP contribution in [0.15, 0.2) is 71.3 Å². The fraction of sp³-hybridized carbons (Fsp3) is 0.346. The summed E-state index contributed by atoms with van der Waals surface area (Å²) in [5.41, 5.74) is 2.37. The Labute approximate surface area is 189 Å². The maximum absolute atomic E-state index is 12.9. The second-order valence-electron chi connectivity index (χ2n) is 8.15. The van der Waals surface area contributed by atoms with Crippen LogP contribution in [0.3, 0.4) is 0 Å². The summed E-state index contributed by atoms with van der Waals surface area (Å²) >= 11 is 0. The van der Waals surface area contributed by atoms with E-state index in [-0.39, 0.29) is 17.9 Å². The second-order valence-corrected chi connectivity index (χ2v) is 8.15. The third-order valence-electron chi connectivity index (χ3n) is 6.05. The number of methoxy groups -OCH3 is 2. The molecule has 6 nitrogen and oxygen atoms in total. The molecule has 0 bridgehead atoms. The van der Waals surface area contributed by atoms with Gasteiger partial charge in [0.15, 0.2) is 0 Å². The first-order valence-electron chi connectivity index (χ1n) is 11.0. The van der Waals surface area contributed by atoms with Crippen molar-refractivity contribution >= 4 is 5.91 Å². The number of rotatable bonds is 8. The number of carbonyl (C=O) groups is 1. The predicted octanol–water partition coefficient (Wildman–Crippen LogP) is 4.57. The van der Waals surface area contributed by atoms with Crippen molar-refractivity contribution in [1.82, 2.24) is 10.2 Å². The van der Waals surface area contributed by atoms with Crippen molar-refractivity contribution in [3.05, 3.63) is 83.8 Å². The number of amides is 1. The van der Waals surface area contributed by atoms with Gasteiger partial charge in [0.2, 0.25) is 5.91 Å². The van der Waals surface area contributed by atoms with E-state index in [0.29, 0.717) is 19.6 Å². The molecule has 4 rings (SSSR count). The SMILES string of the molecule is COc1cc(CN2CC(C(=O)NCc3ccco3)CCC2c2ccccc2)cc(OC)c1. The van der Waals surface area contributed by atoms with E-state index < -0.39 is 0 Å². The lowest BCUT2D eigenvalue weighted by Crippen LogP contribution is -2.44. The Morgan fingerprint density at radius 2 is 1.78 bits per heavy atom. The smallest absolute Gasteiger partial charge is 0.224 e. The van der Waals surface area contributed by atoms with E-state index in [1.54, 1.807) is 20.5 Å². The highest BCUT2D eigenvalue weighted by atomic mass is 16.5. The highest BCUT2D eigenvalue weighted by Gasteiger charge is 2.33. The van der Waals surface area contributed by atoms with Gasteiger partial charge in [0.1, 0.15) is 17.3 Å². The van der Waals surface area contributed by atoms with Gasteiger partial charge in [-0.25, -0.2) is 0 Å². The minimum atomic E-state index is -0.0718. The fourth-order valence-corrected chi connectivity index (χ4v) is 4.41. The molecule has 168 valence electrons. The third-order valence-corrected chi connectivity index (χ3v) is 6.05. The molecular formula is C26H30N2O4. The zero-order valence-electron chi connectivity index (χ0n) is 18.6. The second kappa shape index (κ2) is 10.4. The molecule has 32 heavy (non-hydrogen) atoms. The molecule has 0 spiro atoms. The Balaban J connectivity index is 1.52. The van der Waals surface area contributed by atoms with E-state index in [2.05, 4.69) is 34.5 Å². The topological polar surface area (TPSA) is 63.9 Å². The van der Waals surface area contributed by atoms with Crippen molar-refractivity contribution in [1.29, 1.82) is 0 Å². The molecule has 1 amide bonds. The van der Waals surface area contributed by atoms with Gasteiger partial charge >= 0.3 is 0 Å². The molecule has 3 aromatic rings. The maximum Gasteiger partial charge on any atom is 0.224 e. The molecule has 0 saturated carbocycles. The van der Waals surface area contributed by atoms with Crippen LogP contribution in [-0.2, 0) is 17.9 Å². The number of likely N-dealkylation sites (tertiary alicyclic amines) is 1. The van der Waals surface area contributed by atoms with Gasteiger partial charge in [-0.05, 0) is 48.2 Å². The summed E-state index contributed by atoms with van der Waals surface area (Å²) in [5.74, 6) is 2.29. The molecule has 1 N–H and O–H groups in total. The van der Waals surface area contributed by atoms with Gasteiger partial charge in [0.05, 0.1) is 32.9 Å². The first kappa shape index (κ1) is 22.0. The standard InChI is InChI=1S/C26H30N2O4/c1-30-23-13-19(14-24(15-23)31-2)17-28-18-21(26(29)27-16-22-9-6-12-32-22)10-11-25(28)20-7-4-3-5-8-20/h3-9,12-15,21,25H,10-11,16-18H2,1-2H3,(H,27,29). The lowest BCUT2D eigenvalue weighted by atomic mass is 9.88. The minimum absolute atomic E-state index is 0.0705. The van der Waals surface area contributed by atoms with Gasteiger partial charge in [-0.15, -0.1) is 0 Å². The Morgan fingerprint density at radius 1 is 1.03 bits per heavy atom. The van der Waals surface area contributed by atoms with Crippen LogP contribution in [-0.4, -0.2) is 31.6 Å². The van der Waals surface area contributed by atoms with Crippen molar-refractivity contribution in [3.8, 4) is 11.5 Å². The van der Waals surface area contributed by atoms with Crippen LogP contribution >= 0.6 is 0 Å². The largest absolute Gasteiger partial charge is 0.497 e. The molecule has 2 unspecified atom stereocenters. The van der Waals surface area contributed by atoms with Gasteiger partial charge in [0, 0.05) is 25.2 Å². The number of ether oxygens (including phenoxy) is 2. The molecule has 2 aromatic carbocycles. The summed E-state index contributed by atoms with van der Waals surface area (Å²) < 4.78 is 16.2. The first-order chi connectivity index (χ1) is 15.7. The van der Waals surface area contributed by atoms with Crippen molar-refractivity contribution in [3.63, 3.8) is 0 Å². The minimum Gasteiger partial charge on any atom is -0.497 e. The van der Waals surface area contributed by atoms with E-state index in [4.69, 9.17) is 13.9 Å². The van der Waals surface area contributed by atoms with Gasteiger partial charge in [0.25, 0.3) is 0 Å². The lowest BCUT2D eigenvalue weighted by Gasteiger charge is -2.39. The number of piperidine rings is 1. The number of furan rings is 1. The fourth-order valence-electron chi connectivity index (χ4n) is 4.41. The molecule has 1 saturated heterocycles. The van der Waals surface area contributed by atoms with Crippen molar-refractivity contribution in [2.75, 3.05) is 20.8 Å². The van der Waals surface area contributed by atoms with Crippen molar-refractivity contribution in [2.24, 2.45) is 5.92 Å². The molecule has 2 atom stereocenters. The molecule has 0 aliphatic carbocycles. The highest BCUT2D eigenvalue weighted by Crippen LogP contribution is 2.35. The highest BCUT2D eigenvalue weighted by molar-refractivity contribution is 5.79.